The van der Waals surface area contributed by atoms with Gasteiger partial charge in [0.15, 0.2) is 0 Å². The molecule has 3 aromatic carbocycles. The lowest BCUT2D eigenvalue weighted by atomic mass is 9.76. The van der Waals surface area contributed by atoms with E-state index in [0.29, 0.717) is 62.3 Å². The van der Waals surface area contributed by atoms with Gasteiger partial charge in [-0.05, 0) is 60.2 Å². The molecule has 1 aliphatic carbocycles. The summed E-state index contributed by atoms with van der Waals surface area (Å²) in [6.07, 6.45) is -3.36. The zero-order valence-corrected chi connectivity index (χ0v) is 22.7. The molecule has 214 valence electrons. The number of nitrogens with zero attached hydrogens (tertiary/aromatic N) is 2. The molecule has 0 radical (unpaired) electrons. The van der Waals surface area contributed by atoms with E-state index in [2.05, 4.69) is 0 Å². The van der Waals surface area contributed by atoms with Crippen LogP contribution in [0.15, 0.2) is 72.8 Å². The average Bonchev–Trinajstić information content (AvgIpc) is 2.99. The highest BCUT2D eigenvalue weighted by Gasteiger charge is 2.38. The van der Waals surface area contributed by atoms with Crippen LogP contribution in [0.4, 0.5) is 13.2 Å². The zero-order chi connectivity index (χ0) is 29.1. The lowest BCUT2D eigenvalue weighted by Crippen LogP contribution is -2.52. The summed E-state index contributed by atoms with van der Waals surface area (Å²) in [7, 11) is 0. The molecule has 1 saturated heterocycles. The van der Waals surface area contributed by atoms with Crippen LogP contribution in [0.2, 0.25) is 0 Å². The largest absolute Gasteiger partial charge is 0.466 e. The number of hydrogen-bond acceptors (Lipinski definition) is 4. The Morgan fingerprint density at radius 1 is 0.780 bits per heavy atom. The Bertz CT molecular complexity index is 1430. The molecule has 1 fully saturated rings. The van der Waals surface area contributed by atoms with Crippen molar-refractivity contribution in [1.29, 1.82) is 0 Å². The highest BCUT2D eigenvalue weighted by atomic mass is 19.4. The van der Waals surface area contributed by atoms with Crippen molar-refractivity contribution < 1.29 is 32.3 Å². The van der Waals surface area contributed by atoms with Gasteiger partial charge in [0.05, 0.1) is 24.0 Å². The first-order valence-electron chi connectivity index (χ1n) is 13.8. The van der Waals surface area contributed by atoms with Gasteiger partial charge in [-0.25, -0.2) is 0 Å². The maximum Gasteiger partial charge on any atom is 0.416 e. The highest BCUT2D eigenvalue weighted by Crippen LogP contribution is 2.40. The fourth-order valence-electron chi connectivity index (χ4n) is 5.81. The molecule has 2 atom stereocenters. The minimum Gasteiger partial charge on any atom is -0.466 e. The molecule has 0 spiro atoms. The molecule has 2 amide bonds. The van der Waals surface area contributed by atoms with E-state index in [-0.39, 0.29) is 29.6 Å². The molecule has 5 rings (SSSR count). The van der Waals surface area contributed by atoms with Crippen LogP contribution in [-0.2, 0) is 20.5 Å². The molecule has 41 heavy (non-hydrogen) atoms. The number of hydrogen-bond donors (Lipinski definition) is 0. The summed E-state index contributed by atoms with van der Waals surface area (Å²) >= 11 is 0. The predicted octanol–water partition coefficient (Wildman–Crippen LogP) is 5.88. The number of fused-ring (bicyclic) bond motifs is 1. The summed E-state index contributed by atoms with van der Waals surface area (Å²) in [5, 5.41) is 0. The predicted molar refractivity (Wildman–Crippen MR) is 147 cm³/mol. The van der Waals surface area contributed by atoms with E-state index in [1.807, 2.05) is 24.3 Å². The summed E-state index contributed by atoms with van der Waals surface area (Å²) in [4.78, 5) is 43.1. The first-order chi connectivity index (χ1) is 19.7. The van der Waals surface area contributed by atoms with Crippen LogP contribution in [0.1, 0.15) is 58.6 Å². The Balaban J connectivity index is 1.27. The third-order valence-electron chi connectivity index (χ3n) is 7.92. The monoisotopic (exact) mass is 564 g/mol. The van der Waals surface area contributed by atoms with Crippen molar-refractivity contribution in [3.8, 4) is 11.1 Å². The van der Waals surface area contributed by atoms with Crippen molar-refractivity contribution in [2.24, 2.45) is 0 Å². The maximum absolute atomic E-state index is 13.6. The number of halogens is 3. The molecule has 1 aliphatic heterocycles. The van der Waals surface area contributed by atoms with Gasteiger partial charge >= 0.3 is 12.1 Å². The summed E-state index contributed by atoms with van der Waals surface area (Å²) in [5.74, 6) is -1.26. The van der Waals surface area contributed by atoms with Crippen LogP contribution in [-0.4, -0.2) is 60.4 Å². The van der Waals surface area contributed by atoms with Crippen molar-refractivity contribution in [3.63, 3.8) is 0 Å². The van der Waals surface area contributed by atoms with Gasteiger partial charge in [-0.15, -0.1) is 0 Å². The van der Waals surface area contributed by atoms with Crippen LogP contribution < -0.4 is 0 Å². The second kappa shape index (κ2) is 11.8. The van der Waals surface area contributed by atoms with Crippen molar-refractivity contribution in [2.75, 3.05) is 32.8 Å². The molecule has 0 unspecified atom stereocenters. The summed E-state index contributed by atoms with van der Waals surface area (Å²) in [6.45, 7) is 3.49. The van der Waals surface area contributed by atoms with Gasteiger partial charge in [-0.3, -0.25) is 14.4 Å². The number of esters is 1. The molecule has 1 heterocycles. The van der Waals surface area contributed by atoms with E-state index in [0.717, 1.165) is 23.3 Å². The third-order valence-corrected chi connectivity index (χ3v) is 7.92. The van der Waals surface area contributed by atoms with Crippen molar-refractivity contribution in [3.05, 3.63) is 95.1 Å². The fraction of sp³-hybridized carbons (Fsp3) is 0.344. The van der Waals surface area contributed by atoms with E-state index in [1.54, 1.807) is 41.0 Å². The zero-order valence-electron chi connectivity index (χ0n) is 22.7. The summed E-state index contributed by atoms with van der Waals surface area (Å²) < 4.78 is 44.3. The van der Waals surface area contributed by atoms with Gasteiger partial charge in [0.2, 0.25) is 5.91 Å². The topological polar surface area (TPSA) is 66.9 Å². The number of rotatable bonds is 5. The van der Waals surface area contributed by atoms with Gasteiger partial charge in [-0.2, -0.15) is 13.2 Å². The normalized spacial score (nSPS) is 18.9. The van der Waals surface area contributed by atoms with E-state index in [4.69, 9.17) is 4.74 Å². The molecular weight excluding hydrogens is 533 g/mol. The van der Waals surface area contributed by atoms with Gasteiger partial charge in [0, 0.05) is 31.7 Å². The number of amides is 2. The lowest BCUT2D eigenvalue weighted by Gasteiger charge is -2.38. The molecule has 0 saturated carbocycles. The smallest absolute Gasteiger partial charge is 0.416 e. The Morgan fingerprint density at radius 3 is 1.98 bits per heavy atom. The number of carbonyl (C=O) groups excluding carboxylic acids is 3. The SMILES string of the molecule is CCOC(=O)[C@@H]1CC[C@H](C(=O)N2CCN(C(=O)c3ccccc3-c3ccc(C(F)(F)F)cc3)CC2)c2ccccc21. The first kappa shape index (κ1) is 28.4. The molecule has 3 aromatic rings. The van der Waals surface area contributed by atoms with E-state index < -0.39 is 11.7 Å². The van der Waals surface area contributed by atoms with Crippen LogP contribution >= 0.6 is 0 Å². The first-order valence-corrected chi connectivity index (χ1v) is 13.8. The number of alkyl halides is 3. The van der Waals surface area contributed by atoms with Crippen LogP contribution in [0.3, 0.4) is 0 Å². The Hall–Kier alpha value is -4.14. The molecule has 9 heteroatoms. The minimum atomic E-state index is -4.44. The second-order valence-electron chi connectivity index (χ2n) is 10.3. The van der Waals surface area contributed by atoms with Crippen molar-refractivity contribution in [1.82, 2.24) is 9.80 Å². The van der Waals surface area contributed by atoms with Gasteiger partial charge in [0.25, 0.3) is 5.91 Å². The van der Waals surface area contributed by atoms with Crippen LogP contribution in [0.5, 0.6) is 0 Å². The molecule has 0 N–H and O–H groups in total. The Kier molecular flexibility index (Phi) is 8.15. The van der Waals surface area contributed by atoms with Crippen molar-refractivity contribution in [2.45, 2.75) is 37.8 Å². The molecule has 0 bridgehead atoms. The minimum absolute atomic E-state index is 0.0167. The van der Waals surface area contributed by atoms with E-state index in [9.17, 15) is 27.6 Å². The molecule has 6 nitrogen and oxygen atoms in total. The number of piperazine rings is 1. The maximum atomic E-state index is 13.6. The summed E-state index contributed by atoms with van der Waals surface area (Å²) in [6, 6.07) is 19.2. The quantitative estimate of drug-likeness (QED) is 0.363. The van der Waals surface area contributed by atoms with Gasteiger partial charge in [0.1, 0.15) is 0 Å². The van der Waals surface area contributed by atoms with Gasteiger partial charge < -0.3 is 14.5 Å². The molecular formula is C32H31F3N2O4. The van der Waals surface area contributed by atoms with E-state index >= 15 is 0 Å². The number of benzene rings is 3. The standard InChI is InChI=1S/C32H31F3N2O4/c1-2-41-31(40)28-16-15-27(24-8-4-5-9-25(24)28)30(39)37-19-17-36(18-20-37)29(38)26-10-6-3-7-23(26)21-11-13-22(14-12-21)32(33,34)35/h3-14,27-28H,2,15-20H2,1H3/t27-,28+/m0/s1. The average molecular weight is 565 g/mol. The number of ether oxygens (including phenoxy) is 1. The molecule has 2 aliphatic rings. The van der Waals surface area contributed by atoms with Crippen molar-refractivity contribution >= 4 is 17.8 Å². The van der Waals surface area contributed by atoms with E-state index in [1.165, 1.54) is 12.1 Å². The third kappa shape index (κ3) is 5.85. The highest BCUT2D eigenvalue weighted by molar-refractivity contribution is 6.01. The van der Waals surface area contributed by atoms with Crippen LogP contribution in [0.25, 0.3) is 11.1 Å². The summed E-state index contributed by atoms with van der Waals surface area (Å²) in [5.41, 5.74) is 2.42. The Labute approximate surface area is 236 Å². The fourth-order valence-corrected chi connectivity index (χ4v) is 5.81. The van der Waals surface area contributed by atoms with Gasteiger partial charge in [-0.1, -0.05) is 54.6 Å². The Morgan fingerprint density at radius 2 is 1.34 bits per heavy atom. The second-order valence-corrected chi connectivity index (χ2v) is 10.3. The lowest BCUT2D eigenvalue weighted by molar-refractivity contribution is -0.146. The van der Waals surface area contributed by atoms with Crippen LogP contribution in [0, 0.1) is 0 Å². The molecule has 0 aromatic heterocycles. The number of carbonyl (C=O) groups is 3.